The third-order valence-corrected chi connectivity index (χ3v) is 7.79. The van der Waals surface area contributed by atoms with Crippen molar-refractivity contribution in [2.24, 2.45) is 11.8 Å². The summed E-state index contributed by atoms with van der Waals surface area (Å²) in [4.78, 5) is 39.3. The normalized spacial score (nSPS) is 25.5. The molecule has 2 aromatic rings. The average Bonchev–Trinajstić information content (AvgIpc) is 3.26. The van der Waals surface area contributed by atoms with Crippen LogP contribution in [0, 0.1) is 11.8 Å². The van der Waals surface area contributed by atoms with Crippen LogP contribution in [-0.2, 0) is 35.9 Å². The van der Waals surface area contributed by atoms with Gasteiger partial charge in [-0.2, -0.15) is 0 Å². The van der Waals surface area contributed by atoms with Gasteiger partial charge in [0.05, 0.1) is 30.6 Å². The van der Waals surface area contributed by atoms with Crippen molar-refractivity contribution in [1.29, 1.82) is 0 Å². The summed E-state index contributed by atoms with van der Waals surface area (Å²) in [7, 11) is -2.13. The van der Waals surface area contributed by atoms with Crippen LogP contribution >= 0.6 is 0 Å². The van der Waals surface area contributed by atoms with E-state index in [1.165, 1.54) is 12.3 Å². The van der Waals surface area contributed by atoms with Crippen LogP contribution in [0.15, 0.2) is 47.1 Å². The highest BCUT2D eigenvalue weighted by atomic mass is 28.3. The maximum Gasteiger partial charge on any atom is 0.312 e. The maximum absolute atomic E-state index is 13.8. The first-order valence-corrected chi connectivity index (χ1v) is 14.7. The summed E-state index contributed by atoms with van der Waals surface area (Å²) in [6.45, 7) is 9.58. The standard InChI is InChI=1S/C25H32O7Si/c1-6-30-23(28)19-14-16(2)21(32-20(26)15-17-10-8-7-9-11-17)22(27)25(19,29)18-12-13-31-24(18)33(3,4)5/h7-13,16,19,21,29H,6,14-15H2,1-5H3/t16-,19-,21+,25+/m0/s1. The Kier molecular flexibility index (Phi) is 7.28. The van der Waals surface area contributed by atoms with Crippen LogP contribution in [0.4, 0.5) is 0 Å². The number of hydrogen-bond donors (Lipinski definition) is 1. The number of esters is 2. The molecule has 0 radical (unpaired) electrons. The van der Waals surface area contributed by atoms with Gasteiger partial charge in [0.25, 0.3) is 0 Å². The first-order valence-electron chi connectivity index (χ1n) is 11.2. The predicted molar refractivity (Wildman–Crippen MR) is 125 cm³/mol. The number of hydrogen-bond acceptors (Lipinski definition) is 7. The molecule has 0 unspecified atom stereocenters. The molecule has 33 heavy (non-hydrogen) atoms. The molecule has 0 bridgehead atoms. The van der Waals surface area contributed by atoms with Crippen molar-refractivity contribution < 1.29 is 33.4 Å². The number of Topliss-reactive ketones (excluding diaryl/α,β-unsaturated/α-hetero) is 1. The largest absolute Gasteiger partial charge is 0.474 e. The Hall–Kier alpha value is -2.71. The first kappa shape index (κ1) is 24.9. The molecule has 0 amide bonds. The van der Waals surface area contributed by atoms with Gasteiger partial charge in [-0.25, -0.2) is 0 Å². The number of rotatable bonds is 7. The van der Waals surface area contributed by atoms with Crippen LogP contribution in [0.5, 0.6) is 0 Å². The van der Waals surface area contributed by atoms with Gasteiger partial charge in [0.15, 0.2) is 11.7 Å². The summed E-state index contributed by atoms with van der Waals surface area (Å²) in [6.07, 6.45) is 0.357. The van der Waals surface area contributed by atoms with Crippen LogP contribution in [0.2, 0.25) is 19.6 Å². The molecule has 1 N–H and O–H groups in total. The highest BCUT2D eigenvalue weighted by molar-refractivity contribution is 6.88. The predicted octanol–water partition coefficient (Wildman–Crippen LogP) is 2.96. The Bertz CT molecular complexity index is 1010. The van der Waals surface area contributed by atoms with Crippen LogP contribution in [-0.4, -0.2) is 43.6 Å². The molecule has 0 spiro atoms. The van der Waals surface area contributed by atoms with Gasteiger partial charge in [-0.3, -0.25) is 14.4 Å². The fraction of sp³-hybridized carbons (Fsp3) is 0.480. The zero-order valence-electron chi connectivity index (χ0n) is 19.8. The number of carbonyl (C=O) groups excluding carboxylic acids is 3. The molecule has 4 atom stereocenters. The molecule has 0 aliphatic heterocycles. The van der Waals surface area contributed by atoms with E-state index in [2.05, 4.69) is 0 Å². The zero-order chi connectivity index (χ0) is 24.4. The van der Waals surface area contributed by atoms with Crippen molar-refractivity contribution >= 4 is 31.2 Å². The Morgan fingerprint density at radius 3 is 2.45 bits per heavy atom. The second-order valence-corrected chi connectivity index (χ2v) is 14.6. The van der Waals surface area contributed by atoms with E-state index in [9.17, 15) is 19.5 Å². The second kappa shape index (κ2) is 9.65. The van der Waals surface area contributed by atoms with E-state index in [-0.39, 0.29) is 25.0 Å². The number of furan rings is 1. The van der Waals surface area contributed by atoms with Gasteiger partial charge in [0.2, 0.25) is 5.78 Å². The molecule has 3 rings (SSSR count). The Labute approximate surface area is 195 Å². The molecule has 1 aromatic carbocycles. The van der Waals surface area contributed by atoms with Crippen molar-refractivity contribution in [3.63, 3.8) is 0 Å². The van der Waals surface area contributed by atoms with E-state index in [0.29, 0.717) is 5.38 Å². The van der Waals surface area contributed by atoms with E-state index >= 15 is 0 Å². The molecule has 0 saturated heterocycles. The Morgan fingerprint density at radius 1 is 1.18 bits per heavy atom. The van der Waals surface area contributed by atoms with E-state index in [4.69, 9.17) is 13.9 Å². The summed E-state index contributed by atoms with van der Waals surface area (Å²) < 4.78 is 16.5. The third kappa shape index (κ3) is 4.96. The van der Waals surface area contributed by atoms with E-state index in [1.807, 2.05) is 37.8 Å². The van der Waals surface area contributed by atoms with Crippen LogP contribution in [0.1, 0.15) is 31.4 Å². The van der Waals surface area contributed by atoms with Crippen LogP contribution in [0.3, 0.4) is 0 Å². The SMILES string of the molecule is CCOC(=O)[C@@H]1C[C@H](C)[C@@H](OC(=O)Cc2ccccc2)C(=O)[C@@]1(O)c1ccoc1[Si](C)(C)C. The second-order valence-electron chi connectivity index (χ2n) is 9.63. The lowest BCUT2D eigenvalue weighted by molar-refractivity contribution is -0.187. The number of ketones is 1. The molecule has 1 aliphatic carbocycles. The van der Waals surface area contributed by atoms with Gasteiger partial charge in [-0.05, 0) is 25.0 Å². The van der Waals surface area contributed by atoms with E-state index < -0.39 is 49.3 Å². The summed E-state index contributed by atoms with van der Waals surface area (Å²) >= 11 is 0. The van der Waals surface area contributed by atoms with Gasteiger partial charge in [-0.15, -0.1) is 0 Å². The van der Waals surface area contributed by atoms with Gasteiger partial charge >= 0.3 is 11.9 Å². The molecule has 7 nitrogen and oxygen atoms in total. The van der Waals surface area contributed by atoms with Crippen molar-refractivity contribution in [1.82, 2.24) is 0 Å². The van der Waals surface area contributed by atoms with E-state index in [0.717, 1.165) is 5.56 Å². The fourth-order valence-corrected chi connectivity index (χ4v) is 5.95. The highest BCUT2D eigenvalue weighted by Crippen LogP contribution is 2.43. The van der Waals surface area contributed by atoms with Crippen molar-refractivity contribution in [2.45, 2.75) is 58.0 Å². The van der Waals surface area contributed by atoms with Crippen LogP contribution < -0.4 is 5.38 Å². The maximum atomic E-state index is 13.8. The lowest BCUT2D eigenvalue weighted by Gasteiger charge is -2.43. The molecule has 8 heteroatoms. The number of ether oxygens (including phenoxy) is 2. The minimum atomic E-state index is -2.21. The van der Waals surface area contributed by atoms with Gasteiger partial charge in [-0.1, -0.05) is 56.9 Å². The monoisotopic (exact) mass is 472 g/mol. The van der Waals surface area contributed by atoms with Gasteiger partial charge in [0.1, 0.15) is 8.07 Å². The average molecular weight is 473 g/mol. The summed E-state index contributed by atoms with van der Waals surface area (Å²) in [6, 6.07) is 10.6. The lowest BCUT2D eigenvalue weighted by Crippen LogP contribution is -2.60. The molecule has 1 heterocycles. The Balaban J connectivity index is 1.98. The fourth-order valence-electron chi connectivity index (χ4n) is 4.45. The highest BCUT2D eigenvalue weighted by Gasteiger charge is 2.60. The summed E-state index contributed by atoms with van der Waals surface area (Å²) in [5, 5.41) is 12.4. The summed E-state index contributed by atoms with van der Waals surface area (Å²) in [5.41, 5.74) is -1.19. The minimum Gasteiger partial charge on any atom is -0.474 e. The number of aliphatic hydroxyl groups is 1. The molecule has 1 aromatic heterocycles. The lowest BCUT2D eigenvalue weighted by atomic mass is 9.66. The van der Waals surface area contributed by atoms with Crippen molar-refractivity contribution in [3.05, 3.63) is 53.8 Å². The topological polar surface area (TPSA) is 103 Å². The number of carbonyl (C=O) groups is 3. The van der Waals surface area contributed by atoms with Crippen LogP contribution in [0.25, 0.3) is 0 Å². The minimum absolute atomic E-state index is 0.00292. The third-order valence-electron chi connectivity index (χ3n) is 6.04. The molecule has 1 aliphatic rings. The molecule has 1 fully saturated rings. The van der Waals surface area contributed by atoms with Crippen molar-refractivity contribution in [3.8, 4) is 0 Å². The molecule has 178 valence electrons. The molecular weight excluding hydrogens is 440 g/mol. The Morgan fingerprint density at radius 2 is 1.85 bits per heavy atom. The van der Waals surface area contributed by atoms with Gasteiger partial charge in [0, 0.05) is 11.5 Å². The zero-order valence-corrected chi connectivity index (χ0v) is 20.8. The molecular formula is C25H32O7Si. The summed E-state index contributed by atoms with van der Waals surface area (Å²) in [5.74, 6) is -3.55. The van der Waals surface area contributed by atoms with Crippen molar-refractivity contribution in [2.75, 3.05) is 6.61 Å². The quantitative estimate of drug-likeness (QED) is 0.488. The molecule has 1 saturated carbocycles. The van der Waals surface area contributed by atoms with E-state index in [1.54, 1.807) is 26.0 Å². The number of benzene rings is 1. The van der Waals surface area contributed by atoms with Gasteiger partial charge < -0.3 is 19.0 Å². The first-order chi connectivity index (χ1) is 15.5. The smallest absolute Gasteiger partial charge is 0.312 e.